The number of anilines is 1. The van der Waals surface area contributed by atoms with Crippen LogP contribution in [0.25, 0.3) is 5.52 Å². The van der Waals surface area contributed by atoms with Gasteiger partial charge in [-0.25, -0.2) is 13.9 Å². The molecule has 3 heterocycles. The highest BCUT2D eigenvalue weighted by Crippen LogP contribution is 2.48. The predicted molar refractivity (Wildman–Crippen MR) is 87.9 cm³/mol. The van der Waals surface area contributed by atoms with E-state index in [-0.39, 0.29) is 29.8 Å². The lowest BCUT2D eigenvalue weighted by atomic mass is 9.74. The lowest BCUT2D eigenvalue weighted by Gasteiger charge is -2.34. The summed E-state index contributed by atoms with van der Waals surface area (Å²) in [4.78, 5) is 3.99. The van der Waals surface area contributed by atoms with Gasteiger partial charge in [0.2, 0.25) is 5.95 Å². The van der Waals surface area contributed by atoms with Crippen LogP contribution in [0, 0.1) is 11.7 Å². The maximum absolute atomic E-state index is 14.2. The molecule has 10 heteroatoms. The number of aromatic nitrogens is 3. The Bertz CT molecular complexity index is 821. The Balaban J connectivity index is 1.70. The molecule has 2 aliphatic rings. The third-order valence-electron chi connectivity index (χ3n) is 5.43. The van der Waals surface area contributed by atoms with Crippen molar-refractivity contribution < 1.29 is 27.4 Å². The average molecular weight is 388 g/mol. The molecule has 6 nitrogen and oxygen atoms in total. The molecule has 3 atom stereocenters. The quantitative estimate of drug-likeness (QED) is 0.789. The van der Waals surface area contributed by atoms with E-state index < -0.39 is 29.9 Å². The molecule has 1 unspecified atom stereocenters. The van der Waals surface area contributed by atoms with Gasteiger partial charge in [0, 0.05) is 6.61 Å². The summed E-state index contributed by atoms with van der Waals surface area (Å²) in [5.74, 6) is -3.07. The molecule has 1 saturated carbocycles. The SMILES string of the molecule is O[C@@H]1COCC[C@H]1Nc1ncc2c(F)cc(C(C3CCC3)C(F)(F)F)n2n1. The van der Waals surface area contributed by atoms with Gasteiger partial charge in [0.05, 0.1) is 30.6 Å². The first-order chi connectivity index (χ1) is 12.8. The molecule has 148 valence electrons. The van der Waals surface area contributed by atoms with Crippen molar-refractivity contribution in [2.75, 3.05) is 18.5 Å². The summed E-state index contributed by atoms with van der Waals surface area (Å²) in [6, 6.07) is 0.526. The van der Waals surface area contributed by atoms with Crippen LogP contribution < -0.4 is 5.32 Å². The summed E-state index contributed by atoms with van der Waals surface area (Å²) in [5, 5.41) is 17.0. The van der Waals surface area contributed by atoms with Gasteiger partial charge in [-0.05, 0) is 31.2 Å². The molecule has 2 aromatic heterocycles. The number of alkyl halides is 3. The molecule has 1 aliphatic carbocycles. The normalized spacial score (nSPS) is 25.4. The van der Waals surface area contributed by atoms with Gasteiger partial charge in [-0.1, -0.05) is 6.42 Å². The predicted octanol–water partition coefficient (Wildman–Crippen LogP) is 2.88. The van der Waals surface area contributed by atoms with Gasteiger partial charge in [-0.2, -0.15) is 13.2 Å². The zero-order valence-electron chi connectivity index (χ0n) is 14.4. The molecule has 1 aliphatic heterocycles. The van der Waals surface area contributed by atoms with Gasteiger partial charge in [-0.3, -0.25) is 0 Å². The minimum atomic E-state index is -4.48. The maximum atomic E-state index is 14.2. The van der Waals surface area contributed by atoms with Crippen LogP contribution in [0.4, 0.5) is 23.5 Å². The summed E-state index contributed by atoms with van der Waals surface area (Å²) in [7, 11) is 0. The van der Waals surface area contributed by atoms with Gasteiger partial charge < -0.3 is 15.2 Å². The third-order valence-corrected chi connectivity index (χ3v) is 5.43. The van der Waals surface area contributed by atoms with Gasteiger partial charge in [0.1, 0.15) is 11.4 Å². The molecule has 27 heavy (non-hydrogen) atoms. The van der Waals surface area contributed by atoms with Crippen LogP contribution in [0.15, 0.2) is 12.3 Å². The van der Waals surface area contributed by atoms with Crippen LogP contribution in [0.3, 0.4) is 0 Å². The number of aliphatic hydroxyl groups is 1. The lowest BCUT2D eigenvalue weighted by molar-refractivity contribution is -0.169. The van der Waals surface area contributed by atoms with Crippen molar-refractivity contribution in [3.05, 3.63) is 23.8 Å². The number of ether oxygens (including phenoxy) is 1. The number of hydrogen-bond donors (Lipinski definition) is 2. The van der Waals surface area contributed by atoms with Crippen LogP contribution in [-0.2, 0) is 4.74 Å². The minimum absolute atomic E-state index is 0.0415. The average Bonchev–Trinajstić information content (AvgIpc) is 2.88. The molecule has 2 N–H and O–H groups in total. The van der Waals surface area contributed by atoms with Crippen molar-refractivity contribution in [3.8, 4) is 0 Å². The van der Waals surface area contributed by atoms with Crippen LogP contribution in [0.5, 0.6) is 0 Å². The van der Waals surface area contributed by atoms with E-state index in [9.17, 15) is 22.7 Å². The second-order valence-corrected chi connectivity index (χ2v) is 7.19. The number of fused-ring (bicyclic) bond motifs is 1. The first-order valence-corrected chi connectivity index (χ1v) is 8.98. The zero-order valence-corrected chi connectivity index (χ0v) is 14.4. The van der Waals surface area contributed by atoms with Crippen molar-refractivity contribution in [1.82, 2.24) is 14.6 Å². The standard InChI is InChI=1S/C17H20F4N4O2/c18-10-6-12(15(17(19,20)21)9-2-1-3-9)25-13(10)7-22-16(24-25)23-11-4-5-27-8-14(11)26/h6-7,9,11,14-15,26H,1-5,8H2,(H,23,24)/t11-,14-,15?/m1/s1. The number of rotatable bonds is 4. The highest BCUT2D eigenvalue weighted by molar-refractivity contribution is 5.50. The van der Waals surface area contributed by atoms with E-state index >= 15 is 0 Å². The summed E-state index contributed by atoms with van der Waals surface area (Å²) < 4.78 is 61.5. The van der Waals surface area contributed by atoms with Crippen molar-refractivity contribution in [2.24, 2.45) is 5.92 Å². The molecule has 0 bridgehead atoms. The fraction of sp³-hybridized carbons (Fsp3) is 0.647. The Kier molecular flexibility index (Phi) is 4.71. The summed E-state index contributed by atoms with van der Waals surface area (Å²) in [5.41, 5.74) is -0.311. The highest BCUT2D eigenvalue weighted by atomic mass is 19.4. The summed E-state index contributed by atoms with van der Waals surface area (Å²) in [6.07, 6.45) is -1.94. The van der Waals surface area contributed by atoms with Crippen molar-refractivity contribution in [3.63, 3.8) is 0 Å². The number of nitrogens with zero attached hydrogens (tertiary/aromatic N) is 3. The third kappa shape index (κ3) is 3.47. The fourth-order valence-corrected chi connectivity index (χ4v) is 3.77. The molecule has 0 aromatic carbocycles. The molecule has 0 amide bonds. The number of hydrogen-bond acceptors (Lipinski definition) is 5. The molecule has 2 aromatic rings. The highest BCUT2D eigenvalue weighted by Gasteiger charge is 2.49. The van der Waals surface area contributed by atoms with Crippen molar-refractivity contribution in [2.45, 2.75) is 49.9 Å². The minimum Gasteiger partial charge on any atom is -0.389 e. The van der Waals surface area contributed by atoms with Gasteiger partial charge in [0.15, 0.2) is 5.82 Å². The summed E-state index contributed by atoms with van der Waals surface area (Å²) in [6.45, 7) is 0.597. The molecule has 0 spiro atoms. The second kappa shape index (κ2) is 6.90. The van der Waals surface area contributed by atoms with Gasteiger partial charge in [0.25, 0.3) is 0 Å². The van der Waals surface area contributed by atoms with Crippen LogP contribution >= 0.6 is 0 Å². The fourth-order valence-electron chi connectivity index (χ4n) is 3.77. The maximum Gasteiger partial charge on any atom is 0.397 e. The van der Waals surface area contributed by atoms with E-state index in [1.165, 1.54) is 0 Å². The largest absolute Gasteiger partial charge is 0.397 e. The first-order valence-electron chi connectivity index (χ1n) is 8.98. The Labute approximate surface area is 152 Å². The van der Waals surface area contributed by atoms with Crippen molar-refractivity contribution in [1.29, 1.82) is 0 Å². The van der Waals surface area contributed by atoms with E-state index in [4.69, 9.17) is 4.74 Å². The topological polar surface area (TPSA) is 71.7 Å². The molecule has 1 saturated heterocycles. The number of aliphatic hydroxyl groups excluding tert-OH is 1. The smallest absolute Gasteiger partial charge is 0.389 e. The summed E-state index contributed by atoms with van der Waals surface area (Å²) >= 11 is 0. The van der Waals surface area contributed by atoms with Gasteiger partial charge >= 0.3 is 6.18 Å². The number of nitrogens with one attached hydrogen (secondary N) is 1. The lowest BCUT2D eigenvalue weighted by Crippen LogP contribution is -2.42. The van der Waals surface area contributed by atoms with E-state index in [0.29, 0.717) is 25.9 Å². The van der Waals surface area contributed by atoms with E-state index in [0.717, 1.165) is 23.2 Å². The van der Waals surface area contributed by atoms with E-state index in [2.05, 4.69) is 15.4 Å². The van der Waals surface area contributed by atoms with Crippen molar-refractivity contribution >= 4 is 11.5 Å². The monoisotopic (exact) mass is 388 g/mol. The molecule has 2 fully saturated rings. The van der Waals surface area contributed by atoms with Crippen LogP contribution in [0.1, 0.15) is 37.3 Å². The number of halogens is 4. The van der Waals surface area contributed by atoms with Crippen LogP contribution in [-0.4, -0.2) is 51.2 Å². The van der Waals surface area contributed by atoms with Gasteiger partial charge in [-0.15, -0.1) is 5.10 Å². The molecular formula is C17H20F4N4O2. The molecule has 0 radical (unpaired) electrons. The second-order valence-electron chi connectivity index (χ2n) is 7.19. The van der Waals surface area contributed by atoms with Crippen LogP contribution in [0.2, 0.25) is 0 Å². The molecule has 4 rings (SSSR count). The zero-order chi connectivity index (χ0) is 19.2. The Morgan fingerprint density at radius 2 is 2.07 bits per heavy atom. The molecular weight excluding hydrogens is 368 g/mol. The Morgan fingerprint density at radius 1 is 1.30 bits per heavy atom. The van der Waals surface area contributed by atoms with E-state index in [1.54, 1.807) is 0 Å². The first kappa shape index (κ1) is 18.4. The Morgan fingerprint density at radius 3 is 2.70 bits per heavy atom. The van der Waals surface area contributed by atoms with E-state index in [1.807, 2.05) is 0 Å². The Hall–Kier alpha value is -1.94.